The molecule has 1 aromatic rings. The van der Waals surface area contributed by atoms with Crippen LogP contribution in [0.5, 0.6) is 5.75 Å². The lowest BCUT2D eigenvalue weighted by Crippen LogP contribution is -2.33. The summed E-state index contributed by atoms with van der Waals surface area (Å²) in [5.41, 5.74) is 7.00. The molecule has 106 valence electrons. The van der Waals surface area contributed by atoms with E-state index in [2.05, 4.69) is 22.4 Å². The van der Waals surface area contributed by atoms with Crippen LogP contribution in [0, 0.1) is 0 Å². The fourth-order valence-corrected chi connectivity index (χ4v) is 1.75. The van der Waals surface area contributed by atoms with Gasteiger partial charge in [-0.2, -0.15) is 0 Å². The van der Waals surface area contributed by atoms with E-state index in [1.165, 1.54) is 18.4 Å². The number of halogens is 1. The summed E-state index contributed by atoms with van der Waals surface area (Å²) in [5.74, 6) is 1.49. The lowest BCUT2D eigenvalue weighted by atomic mass is 10.1. The molecule has 0 heterocycles. The van der Waals surface area contributed by atoms with Gasteiger partial charge in [0, 0.05) is 12.6 Å². The van der Waals surface area contributed by atoms with Crippen LogP contribution in [0.4, 0.5) is 0 Å². The maximum Gasteiger partial charge on any atom is 0.188 e. The fourth-order valence-electron chi connectivity index (χ4n) is 1.75. The van der Waals surface area contributed by atoms with E-state index in [0.29, 0.717) is 25.2 Å². The monoisotopic (exact) mass is 375 g/mol. The van der Waals surface area contributed by atoms with E-state index in [1.54, 1.807) is 0 Å². The zero-order valence-corrected chi connectivity index (χ0v) is 13.6. The maximum absolute atomic E-state index is 5.77. The van der Waals surface area contributed by atoms with Gasteiger partial charge in [-0.15, -0.1) is 24.0 Å². The Labute approximate surface area is 131 Å². The van der Waals surface area contributed by atoms with Crippen LogP contribution < -0.4 is 15.8 Å². The third-order valence-corrected chi connectivity index (χ3v) is 2.82. The highest BCUT2D eigenvalue weighted by Gasteiger charge is 2.21. The van der Waals surface area contributed by atoms with Gasteiger partial charge >= 0.3 is 0 Å². The highest BCUT2D eigenvalue weighted by Crippen LogP contribution is 2.18. The SMILES string of the molecule is CCOc1cccc(CCN=C(N)NC2CC2)c1.I. The molecule has 0 bridgehead atoms. The van der Waals surface area contributed by atoms with E-state index < -0.39 is 0 Å². The Morgan fingerprint density at radius 1 is 1.47 bits per heavy atom. The molecule has 1 fully saturated rings. The molecule has 0 radical (unpaired) electrons. The van der Waals surface area contributed by atoms with E-state index in [1.807, 2.05) is 19.1 Å². The molecular weight excluding hydrogens is 353 g/mol. The Morgan fingerprint density at radius 3 is 2.95 bits per heavy atom. The molecule has 1 aliphatic carbocycles. The summed E-state index contributed by atoms with van der Waals surface area (Å²) in [6.07, 6.45) is 3.31. The van der Waals surface area contributed by atoms with Crippen LogP contribution in [0.1, 0.15) is 25.3 Å². The smallest absolute Gasteiger partial charge is 0.188 e. The van der Waals surface area contributed by atoms with Crippen molar-refractivity contribution in [3.8, 4) is 5.75 Å². The largest absolute Gasteiger partial charge is 0.494 e. The van der Waals surface area contributed by atoms with E-state index in [9.17, 15) is 0 Å². The van der Waals surface area contributed by atoms with Gasteiger partial charge in [-0.1, -0.05) is 12.1 Å². The maximum atomic E-state index is 5.77. The Kier molecular flexibility index (Phi) is 6.97. The van der Waals surface area contributed by atoms with Crippen molar-refractivity contribution < 1.29 is 4.74 Å². The summed E-state index contributed by atoms with van der Waals surface area (Å²) < 4.78 is 5.46. The minimum Gasteiger partial charge on any atom is -0.494 e. The van der Waals surface area contributed by atoms with Crippen LogP contribution >= 0.6 is 24.0 Å². The average molecular weight is 375 g/mol. The summed E-state index contributed by atoms with van der Waals surface area (Å²) in [6, 6.07) is 8.69. The normalized spacial score (nSPS) is 14.7. The summed E-state index contributed by atoms with van der Waals surface area (Å²) in [5, 5.41) is 3.17. The molecule has 0 saturated heterocycles. The number of hydrogen-bond acceptors (Lipinski definition) is 2. The molecule has 0 unspecified atom stereocenters. The van der Waals surface area contributed by atoms with Gasteiger partial charge in [-0.25, -0.2) is 0 Å². The van der Waals surface area contributed by atoms with Crippen LogP contribution in [0.25, 0.3) is 0 Å². The molecule has 1 aliphatic rings. The molecule has 0 spiro atoms. The van der Waals surface area contributed by atoms with E-state index in [-0.39, 0.29) is 24.0 Å². The van der Waals surface area contributed by atoms with Crippen LogP contribution in [-0.2, 0) is 6.42 Å². The van der Waals surface area contributed by atoms with Gasteiger partial charge in [0.25, 0.3) is 0 Å². The highest BCUT2D eigenvalue weighted by atomic mass is 127. The second kappa shape index (κ2) is 8.24. The zero-order valence-electron chi connectivity index (χ0n) is 11.3. The zero-order chi connectivity index (χ0) is 12.8. The minimum atomic E-state index is 0. The van der Waals surface area contributed by atoms with E-state index in [0.717, 1.165) is 12.2 Å². The molecule has 1 aromatic carbocycles. The molecule has 2 rings (SSSR count). The standard InChI is InChI=1S/C14H21N3O.HI/c1-2-18-13-5-3-4-11(10-13)8-9-16-14(15)17-12-6-7-12;/h3-5,10,12H,2,6-9H2,1H3,(H3,15,16,17);1H. The summed E-state index contributed by atoms with van der Waals surface area (Å²) in [4.78, 5) is 4.32. The van der Waals surface area contributed by atoms with Gasteiger partial charge in [-0.05, 0) is 43.9 Å². The van der Waals surface area contributed by atoms with Gasteiger partial charge in [0.15, 0.2) is 5.96 Å². The first-order valence-corrected chi connectivity index (χ1v) is 6.56. The topological polar surface area (TPSA) is 59.6 Å². The number of aliphatic imine (C=N–C) groups is 1. The third kappa shape index (κ3) is 6.13. The molecule has 5 heteroatoms. The average Bonchev–Trinajstić information content (AvgIpc) is 3.14. The first kappa shape index (κ1) is 16.1. The van der Waals surface area contributed by atoms with Crippen molar-refractivity contribution in [3.05, 3.63) is 29.8 Å². The number of guanidine groups is 1. The van der Waals surface area contributed by atoms with E-state index >= 15 is 0 Å². The van der Waals surface area contributed by atoms with Crippen molar-refractivity contribution in [3.63, 3.8) is 0 Å². The van der Waals surface area contributed by atoms with Crippen molar-refractivity contribution in [2.45, 2.75) is 32.2 Å². The van der Waals surface area contributed by atoms with Crippen molar-refractivity contribution in [2.75, 3.05) is 13.2 Å². The molecule has 0 atom stereocenters. The van der Waals surface area contributed by atoms with Crippen LogP contribution in [0.15, 0.2) is 29.3 Å². The fraction of sp³-hybridized carbons (Fsp3) is 0.500. The first-order valence-electron chi connectivity index (χ1n) is 6.56. The number of benzene rings is 1. The second-order valence-corrected chi connectivity index (χ2v) is 4.52. The predicted molar refractivity (Wildman–Crippen MR) is 89.4 cm³/mol. The summed E-state index contributed by atoms with van der Waals surface area (Å²) >= 11 is 0. The molecular formula is C14H22IN3O. The van der Waals surface area contributed by atoms with Gasteiger partial charge in [0.05, 0.1) is 6.61 Å². The van der Waals surface area contributed by atoms with Crippen LogP contribution in [0.3, 0.4) is 0 Å². The summed E-state index contributed by atoms with van der Waals surface area (Å²) in [6.45, 7) is 3.39. The van der Waals surface area contributed by atoms with Gasteiger partial charge < -0.3 is 15.8 Å². The molecule has 4 nitrogen and oxygen atoms in total. The quantitative estimate of drug-likeness (QED) is 0.456. The number of hydrogen-bond donors (Lipinski definition) is 2. The Hall–Kier alpha value is -0.980. The molecule has 0 aliphatic heterocycles. The Morgan fingerprint density at radius 2 is 2.26 bits per heavy atom. The van der Waals surface area contributed by atoms with Crippen molar-refractivity contribution in [1.29, 1.82) is 0 Å². The molecule has 1 saturated carbocycles. The van der Waals surface area contributed by atoms with Gasteiger partial charge in [-0.3, -0.25) is 4.99 Å². The lowest BCUT2D eigenvalue weighted by Gasteiger charge is -2.06. The highest BCUT2D eigenvalue weighted by molar-refractivity contribution is 14.0. The van der Waals surface area contributed by atoms with E-state index in [4.69, 9.17) is 10.5 Å². The molecule has 19 heavy (non-hydrogen) atoms. The number of nitrogens with two attached hydrogens (primary N) is 1. The molecule has 0 amide bonds. The number of rotatable bonds is 6. The van der Waals surface area contributed by atoms with Crippen molar-refractivity contribution in [2.24, 2.45) is 10.7 Å². The Balaban J connectivity index is 0.00000180. The molecule has 0 aromatic heterocycles. The third-order valence-electron chi connectivity index (χ3n) is 2.82. The van der Waals surface area contributed by atoms with Crippen LogP contribution in [0.2, 0.25) is 0 Å². The van der Waals surface area contributed by atoms with Gasteiger partial charge in [0.2, 0.25) is 0 Å². The number of nitrogens with one attached hydrogen (secondary N) is 1. The van der Waals surface area contributed by atoms with Crippen molar-refractivity contribution in [1.82, 2.24) is 5.32 Å². The molecule has 3 N–H and O–H groups in total. The second-order valence-electron chi connectivity index (χ2n) is 4.52. The first-order chi connectivity index (χ1) is 8.78. The Bertz CT molecular complexity index is 419. The predicted octanol–water partition coefficient (Wildman–Crippen LogP) is 2.31. The number of nitrogens with zero attached hydrogens (tertiary/aromatic N) is 1. The van der Waals surface area contributed by atoms with Crippen molar-refractivity contribution >= 4 is 29.9 Å². The minimum absolute atomic E-state index is 0. The lowest BCUT2D eigenvalue weighted by molar-refractivity contribution is 0.340. The van der Waals surface area contributed by atoms with Gasteiger partial charge in [0.1, 0.15) is 5.75 Å². The van der Waals surface area contributed by atoms with Crippen LogP contribution in [-0.4, -0.2) is 25.2 Å². The number of ether oxygens (including phenoxy) is 1. The summed E-state index contributed by atoms with van der Waals surface area (Å²) in [7, 11) is 0.